The lowest BCUT2D eigenvalue weighted by atomic mass is 10.1. The van der Waals surface area contributed by atoms with Gasteiger partial charge in [-0.15, -0.1) is 0 Å². The van der Waals surface area contributed by atoms with E-state index in [1.54, 1.807) is 24.3 Å². The van der Waals surface area contributed by atoms with Gasteiger partial charge in [0.25, 0.3) is 0 Å². The third-order valence-electron chi connectivity index (χ3n) is 2.72. The molecule has 0 aliphatic heterocycles. The molecule has 0 radical (unpaired) electrons. The van der Waals surface area contributed by atoms with Gasteiger partial charge >= 0.3 is 5.97 Å². The smallest absolute Gasteiger partial charge is 0.340 e. The summed E-state index contributed by atoms with van der Waals surface area (Å²) in [6.07, 6.45) is 0. The molecular weight excluding hydrogens is 311 g/mol. The van der Waals surface area contributed by atoms with Crippen molar-refractivity contribution in [2.75, 3.05) is 5.73 Å². The summed E-state index contributed by atoms with van der Waals surface area (Å²) in [5, 5.41) is 9.01. The van der Waals surface area contributed by atoms with Crippen molar-refractivity contribution in [3.05, 3.63) is 63.1 Å². The SMILES string of the molecule is N#Cc1ccc(COC(=O)c2cc(N)cc(Cl)c2Cl)cc1. The molecule has 2 aromatic carbocycles. The fraction of sp³-hybridized carbons (Fsp3) is 0.0667. The molecule has 0 heterocycles. The standard InChI is InChI=1S/C15H10Cl2N2O2/c16-13-6-11(19)5-12(14(13)17)15(20)21-8-10-3-1-9(7-18)2-4-10/h1-6H,8,19H2. The number of nitriles is 1. The Labute approximate surface area is 131 Å². The van der Waals surface area contributed by atoms with E-state index in [2.05, 4.69) is 0 Å². The van der Waals surface area contributed by atoms with Crippen LogP contribution in [-0.4, -0.2) is 5.97 Å². The number of hydrogen-bond donors (Lipinski definition) is 1. The Morgan fingerprint density at radius 1 is 1.24 bits per heavy atom. The first-order chi connectivity index (χ1) is 10.0. The number of nitrogens with two attached hydrogens (primary N) is 1. The van der Waals surface area contributed by atoms with Crippen LogP contribution in [0.2, 0.25) is 10.0 Å². The molecule has 2 N–H and O–H groups in total. The summed E-state index contributed by atoms with van der Waals surface area (Å²) < 4.78 is 5.16. The Hall–Kier alpha value is -2.22. The molecule has 0 fully saturated rings. The number of esters is 1. The molecule has 4 nitrogen and oxygen atoms in total. The molecule has 21 heavy (non-hydrogen) atoms. The molecule has 0 unspecified atom stereocenters. The lowest BCUT2D eigenvalue weighted by Gasteiger charge is -2.08. The van der Waals surface area contributed by atoms with Crippen molar-refractivity contribution in [3.8, 4) is 6.07 Å². The average Bonchev–Trinajstić information content (AvgIpc) is 2.49. The molecule has 6 heteroatoms. The van der Waals surface area contributed by atoms with Crippen LogP contribution in [0.5, 0.6) is 0 Å². The maximum absolute atomic E-state index is 12.0. The van der Waals surface area contributed by atoms with E-state index in [0.29, 0.717) is 11.3 Å². The van der Waals surface area contributed by atoms with Gasteiger partial charge in [-0.1, -0.05) is 35.3 Å². The summed E-state index contributed by atoms with van der Waals surface area (Å²) in [4.78, 5) is 12.0. The van der Waals surface area contributed by atoms with E-state index in [4.69, 9.17) is 38.9 Å². The number of halogens is 2. The predicted octanol–water partition coefficient (Wildman–Crippen LogP) is 3.80. The van der Waals surface area contributed by atoms with E-state index in [1.807, 2.05) is 6.07 Å². The fourth-order valence-electron chi connectivity index (χ4n) is 1.66. The zero-order valence-corrected chi connectivity index (χ0v) is 12.3. The number of benzene rings is 2. The Bertz CT molecular complexity index is 722. The van der Waals surface area contributed by atoms with Gasteiger partial charge in [0, 0.05) is 5.69 Å². The quantitative estimate of drug-likeness (QED) is 0.689. The van der Waals surface area contributed by atoms with Crippen LogP contribution >= 0.6 is 23.2 Å². The summed E-state index contributed by atoms with van der Waals surface area (Å²) >= 11 is 11.8. The van der Waals surface area contributed by atoms with Gasteiger partial charge in [-0.3, -0.25) is 0 Å². The molecule has 0 amide bonds. The monoisotopic (exact) mass is 320 g/mol. The Balaban J connectivity index is 2.10. The maximum Gasteiger partial charge on any atom is 0.340 e. The van der Waals surface area contributed by atoms with Gasteiger partial charge in [-0.2, -0.15) is 5.26 Å². The van der Waals surface area contributed by atoms with Gasteiger partial charge in [0.05, 0.1) is 27.2 Å². The minimum absolute atomic E-state index is 0.0628. The highest BCUT2D eigenvalue weighted by atomic mass is 35.5. The van der Waals surface area contributed by atoms with Crippen molar-refractivity contribution in [1.82, 2.24) is 0 Å². The van der Waals surface area contributed by atoms with E-state index in [1.165, 1.54) is 12.1 Å². The first-order valence-corrected chi connectivity index (χ1v) is 6.67. The zero-order valence-electron chi connectivity index (χ0n) is 10.8. The summed E-state index contributed by atoms with van der Waals surface area (Å²) in [5.41, 5.74) is 7.37. The highest BCUT2D eigenvalue weighted by molar-refractivity contribution is 6.44. The zero-order chi connectivity index (χ0) is 15.4. The maximum atomic E-state index is 12.0. The van der Waals surface area contributed by atoms with E-state index >= 15 is 0 Å². The Morgan fingerprint density at radius 3 is 2.52 bits per heavy atom. The van der Waals surface area contributed by atoms with Crippen molar-refractivity contribution in [1.29, 1.82) is 5.26 Å². The van der Waals surface area contributed by atoms with Gasteiger partial charge < -0.3 is 10.5 Å². The van der Waals surface area contributed by atoms with Gasteiger partial charge in [-0.25, -0.2) is 4.79 Å². The predicted molar refractivity (Wildman–Crippen MR) is 81.2 cm³/mol. The molecule has 0 aromatic heterocycles. The third kappa shape index (κ3) is 3.66. The second-order valence-corrected chi connectivity index (χ2v) is 5.03. The van der Waals surface area contributed by atoms with Crippen molar-refractivity contribution < 1.29 is 9.53 Å². The minimum Gasteiger partial charge on any atom is -0.457 e. The van der Waals surface area contributed by atoms with Gasteiger partial charge in [-0.05, 0) is 29.8 Å². The van der Waals surface area contributed by atoms with Crippen LogP contribution in [0.15, 0.2) is 36.4 Å². The molecule has 106 valence electrons. The number of carbonyl (C=O) groups is 1. The highest BCUT2D eigenvalue weighted by Gasteiger charge is 2.15. The summed E-state index contributed by atoms with van der Waals surface area (Å²) in [7, 11) is 0. The number of nitrogen functional groups attached to an aromatic ring is 1. The Kier molecular flexibility index (Phi) is 4.69. The van der Waals surface area contributed by atoms with Crippen LogP contribution in [0.25, 0.3) is 0 Å². The number of carbonyl (C=O) groups excluding carboxylic acids is 1. The Morgan fingerprint density at radius 2 is 1.90 bits per heavy atom. The van der Waals surface area contributed by atoms with Crippen molar-refractivity contribution in [2.24, 2.45) is 0 Å². The largest absolute Gasteiger partial charge is 0.457 e. The van der Waals surface area contributed by atoms with E-state index in [0.717, 1.165) is 5.56 Å². The van der Waals surface area contributed by atoms with Gasteiger partial charge in [0.2, 0.25) is 0 Å². The number of rotatable bonds is 3. The van der Waals surface area contributed by atoms with E-state index < -0.39 is 5.97 Å². The van der Waals surface area contributed by atoms with Crippen LogP contribution in [-0.2, 0) is 11.3 Å². The number of hydrogen-bond acceptors (Lipinski definition) is 4. The lowest BCUT2D eigenvalue weighted by molar-refractivity contribution is 0.0473. The van der Waals surface area contributed by atoms with Gasteiger partial charge in [0.1, 0.15) is 6.61 Å². The third-order valence-corrected chi connectivity index (χ3v) is 3.53. The summed E-state index contributed by atoms with van der Waals surface area (Å²) in [5.74, 6) is -0.612. The normalized spacial score (nSPS) is 9.95. The van der Waals surface area contributed by atoms with Crippen LogP contribution in [0.3, 0.4) is 0 Å². The molecule has 0 saturated heterocycles. The molecule has 2 aromatic rings. The van der Waals surface area contributed by atoms with Crippen LogP contribution in [0.4, 0.5) is 5.69 Å². The molecule has 0 bridgehead atoms. The first kappa shape index (κ1) is 15.2. The van der Waals surface area contributed by atoms with Crippen molar-refractivity contribution in [2.45, 2.75) is 6.61 Å². The molecule has 2 rings (SSSR count). The fourth-order valence-corrected chi connectivity index (χ4v) is 2.07. The second-order valence-electron chi connectivity index (χ2n) is 4.25. The molecular formula is C15H10Cl2N2O2. The minimum atomic E-state index is -0.612. The molecule has 0 aliphatic rings. The number of ether oxygens (including phenoxy) is 1. The van der Waals surface area contributed by atoms with Crippen molar-refractivity contribution >= 4 is 34.9 Å². The molecule has 0 atom stereocenters. The van der Waals surface area contributed by atoms with Crippen LogP contribution in [0.1, 0.15) is 21.5 Å². The highest BCUT2D eigenvalue weighted by Crippen LogP contribution is 2.29. The van der Waals surface area contributed by atoms with Crippen LogP contribution in [0, 0.1) is 11.3 Å². The number of anilines is 1. The molecule has 0 saturated carbocycles. The van der Waals surface area contributed by atoms with Crippen molar-refractivity contribution in [3.63, 3.8) is 0 Å². The molecule has 0 spiro atoms. The van der Waals surface area contributed by atoms with E-state index in [9.17, 15) is 4.79 Å². The average molecular weight is 321 g/mol. The van der Waals surface area contributed by atoms with Crippen LogP contribution < -0.4 is 5.73 Å². The van der Waals surface area contributed by atoms with Gasteiger partial charge in [0.15, 0.2) is 0 Å². The lowest BCUT2D eigenvalue weighted by Crippen LogP contribution is -2.07. The first-order valence-electron chi connectivity index (χ1n) is 5.92. The second kappa shape index (κ2) is 6.49. The van der Waals surface area contributed by atoms with E-state index in [-0.39, 0.29) is 22.2 Å². The molecule has 0 aliphatic carbocycles. The summed E-state index contributed by atoms with van der Waals surface area (Å²) in [6.45, 7) is 0.0628. The number of nitrogens with zero attached hydrogens (tertiary/aromatic N) is 1. The summed E-state index contributed by atoms with van der Waals surface area (Å²) in [6, 6.07) is 11.6. The topological polar surface area (TPSA) is 76.1 Å².